The second-order valence-corrected chi connectivity index (χ2v) is 7.14. The summed E-state index contributed by atoms with van der Waals surface area (Å²) in [4.78, 5) is 0.295. The van der Waals surface area contributed by atoms with Crippen LogP contribution in [-0.4, -0.2) is 8.42 Å². The maximum absolute atomic E-state index is 12.3. The minimum absolute atomic E-state index is 0.133. The van der Waals surface area contributed by atoms with Crippen molar-refractivity contribution in [1.29, 1.82) is 0 Å². The summed E-state index contributed by atoms with van der Waals surface area (Å²) in [5.41, 5.74) is 1.56. The fraction of sp³-hybridized carbons (Fsp3) is 0.143. The minimum atomic E-state index is -3.39. The first-order valence-corrected chi connectivity index (χ1v) is 8.03. The predicted octanol–water partition coefficient (Wildman–Crippen LogP) is 4.28. The Labute approximate surface area is 122 Å². The summed E-state index contributed by atoms with van der Waals surface area (Å²) in [7, 11) is -3.39. The zero-order valence-corrected chi connectivity index (χ0v) is 12.6. The van der Waals surface area contributed by atoms with E-state index >= 15 is 0 Å². The highest BCUT2D eigenvalue weighted by molar-refractivity contribution is 7.90. The average Bonchev–Trinajstić information content (AvgIpc) is 2.33. The molecule has 2 aromatic rings. The van der Waals surface area contributed by atoms with E-state index in [0.717, 1.165) is 5.56 Å². The Kier molecular flexibility index (Phi) is 4.19. The highest BCUT2D eigenvalue weighted by Crippen LogP contribution is 2.25. The lowest BCUT2D eigenvalue weighted by molar-refractivity contribution is 0.595. The third-order valence-electron chi connectivity index (χ3n) is 2.74. The number of aryl methyl sites for hydroxylation is 1. The zero-order chi connectivity index (χ0) is 14.0. The van der Waals surface area contributed by atoms with Crippen molar-refractivity contribution >= 4 is 33.0 Å². The van der Waals surface area contributed by atoms with Crippen LogP contribution in [0.4, 0.5) is 0 Å². The van der Waals surface area contributed by atoms with Crippen LogP contribution in [0.1, 0.15) is 11.1 Å². The summed E-state index contributed by atoms with van der Waals surface area (Å²) >= 11 is 11.8. The quantitative estimate of drug-likeness (QED) is 0.847. The Morgan fingerprint density at radius 1 is 1.00 bits per heavy atom. The molecule has 5 heteroatoms. The summed E-state index contributed by atoms with van der Waals surface area (Å²) < 4.78 is 24.5. The molecule has 0 aliphatic rings. The van der Waals surface area contributed by atoms with E-state index in [2.05, 4.69) is 0 Å². The Morgan fingerprint density at radius 3 is 2.21 bits per heavy atom. The van der Waals surface area contributed by atoms with Crippen molar-refractivity contribution in [2.75, 3.05) is 0 Å². The molecule has 19 heavy (non-hydrogen) atoms. The van der Waals surface area contributed by atoms with Gasteiger partial charge in [-0.15, -0.1) is 0 Å². The largest absolute Gasteiger partial charge is 0.223 e. The molecule has 100 valence electrons. The van der Waals surface area contributed by atoms with Crippen molar-refractivity contribution in [3.63, 3.8) is 0 Å². The third-order valence-corrected chi connectivity index (χ3v) is 5.01. The van der Waals surface area contributed by atoms with Crippen LogP contribution in [0.5, 0.6) is 0 Å². The molecule has 2 nitrogen and oxygen atoms in total. The van der Waals surface area contributed by atoms with Gasteiger partial charge < -0.3 is 0 Å². The maximum Gasteiger partial charge on any atom is 0.182 e. The lowest BCUT2D eigenvalue weighted by Gasteiger charge is -2.07. The molecule has 0 fully saturated rings. The third kappa shape index (κ3) is 3.50. The highest BCUT2D eigenvalue weighted by Gasteiger charge is 2.16. The molecule has 0 aliphatic heterocycles. The van der Waals surface area contributed by atoms with Crippen molar-refractivity contribution < 1.29 is 8.42 Å². The first-order chi connectivity index (χ1) is 8.88. The smallest absolute Gasteiger partial charge is 0.182 e. The van der Waals surface area contributed by atoms with E-state index in [4.69, 9.17) is 23.2 Å². The van der Waals surface area contributed by atoms with Crippen LogP contribution in [0, 0.1) is 6.92 Å². The molecule has 0 spiro atoms. The Bertz CT molecular complexity index is 692. The first kappa shape index (κ1) is 14.4. The molecule has 0 N–H and O–H groups in total. The predicted molar refractivity (Wildman–Crippen MR) is 78.5 cm³/mol. The Morgan fingerprint density at radius 2 is 1.63 bits per heavy atom. The molecule has 0 aromatic heterocycles. The second-order valence-electron chi connectivity index (χ2n) is 4.31. The van der Waals surface area contributed by atoms with Gasteiger partial charge in [0.15, 0.2) is 9.84 Å². The van der Waals surface area contributed by atoms with Gasteiger partial charge in [-0.1, -0.05) is 47.0 Å². The van der Waals surface area contributed by atoms with Crippen molar-refractivity contribution in [1.82, 2.24) is 0 Å². The van der Waals surface area contributed by atoms with E-state index in [1.165, 1.54) is 0 Å². The molecule has 0 radical (unpaired) electrons. The highest BCUT2D eigenvalue weighted by atomic mass is 35.5. The summed E-state index contributed by atoms with van der Waals surface area (Å²) in [6.07, 6.45) is 0. The van der Waals surface area contributed by atoms with E-state index < -0.39 is 9.84 Å². The van der Waals surface area contributed by atoms with Gasteiger partial charge in [0.25, 0.3) is 0 Å². The molecular formula is C14H12Cl2O2S. The minimum Gasteiger partial charge on any atom is -0.223 e. The lowest BCUT2D eigenvalue weighted by Crippen LogP contribution is -2.05. The fourth-order valence-electron chi connectivity index (χ4n) is 1.67. The number of hydrogen-bond acceptors (Lipinski definition) is 2. The Hall–Kier alpha value is -1.03. The molecule has 0 saturated heterocycles. The number of sulfone groups is 1. The van der Waals surface area contributed by atoms with Crippen LogP contribution in [0.2, 0.25) is 10.0 Å². The molecule has 0 atom stereocenters. The van der Waals surface area contributed by atoms with Gasteiger partial charge in [0.05, 0.1) is 10.6 Å². The molecule has 0 heterocycles. The van der Waals surface area contributed by atoms with Crippen molar-refractivity contribution in [3.8, 4) is 0 Å². The monoisotopic (exact) mass is 314 g/mol. The van der Waals surface area contributed by atoms with Gasteiger partial charge in [0.1, 0.15) is 0 Å². The van der Waals surface area contributed by atoms with E-state index in [1.807, 2.05) is 6.92 Å². The topological polar surface area (TPSA) is 34.1 Å². The van der Waals surface area contributed by atoms with Crippen LogP contribution in [0.3, 0.4) is 0 Å². The molecule has 0 aliphatic carbocycles. The van der Waals surface area contributed by atoms with Crippen molar-refractivity contribution in [3.05, 3.63) is 63.6 Å². The average molecular weight is 315 g/mol. The van der Waals surface area contributed by atoms with Crippen molar-refractivity contribution in [2.45, 2.75) is 17.6 Å². The van der Waals surface area contributed by atoms with E-state index in [-0.39, 0.29) is 5.75 Å². The summed E-state index contributed by atoms with van der Waals surface area (Å²) in [6.45, 7) is 1.91. The van der Waals surface area contributed by atoms with Gasteiger partial charge in [-0.05, 0) is 36.8 Å². The van der Waals surface area contributed by atoms with Crippen molar-refractivity contribution in [2.24, 2.45) is 0 Å². The van der Waals surface area contributed by atoms with Gasteiger partial charge in [-0.25, -0.2) is 8.42 Å². The lowest BCUT2D eigenvalue weighted by atomic mass is 10.2. The summed E-state index contributed by atoms with van der Waals surface area (Å²) in [5.74, 6) is -0.133. The number of hydrogen-bond donors (Lipinski definition) is 0. The van der Waals surface area contributed by atoms with Crippen LogP contribution < -0.4 is 0 Å². The summed E-state index contributed by atoms with van der Waals surface area (Å²) in [5, 5.41) is 0.852. The van der Waals surface area contributed by atoms with Crippen LogP contribution >= 0.6 is 23.2 Å². The van der Waals surface area contributed by atoms with Gasteiger partial charge in [0.2, 0.25) is 0 Å². The molecule has 2 aromatic carbocycles. The number of halogens is 2. The van der Waals surface area contributed by atoms with Gasteiger partial charge >= 0.3 is 0 Å². The fourth-order valence-corrected chi connectivity index (χ4v) is 3.61. The van der Waals surface area contributed by atoms with Gasteiger partial charge in [0, 0.05) is 10.0 Å². The second kappa shape index (κ2) is 5.53. The molecule has 0 unspecified atom stereocenters. The zero-order valence-electron chi connectivity index (χ0n) is 10.2. The number of rotatable bonds is 3. The van der Waals surface area contributed by atoms with Gasteiger partial charge in [-0.2, -0.15) is 0 Å². The SMILES string of the molecule is Cc1ccc(S(=O)(=O)Cc2ccc(Cl)cc2Cl)cc1. The molecule has 0 saturated carbocycles. The van der Waals surface area contributed by atoms with Crippen LogP contribution in [-0.2, 0) is 15.6 Å². The van der Waals surface area contributed by atoms with Crippen LogP contribution in [0.25, 0.3) is 0 Å². The normalized spacial score (nSPS) is 11.5. The van der Waals surface area contributed by atoms with E-state index in [1.54, 1.807) is 42.5 Å². The standard InChI is InChI=1S/C14H12Cl2O2S/c1-10-2-6-13(7-3-10)19(17,18)9-11-4-5-12(15)8-14(11)16/h2-8H,9H2,1H3. The van der Waals surface area contributed by atoms with Gasteiger partial charge in [-0.3, -0.25) is 0 Å². The maximum atomic E-state index is 12.3. The number of benzene rings is 2. The molecule has 0 amide bonds. The van der Waals surface area contributed by atoms with Crippen LogP contribution in [0.15, 0.2) is 47.4 Å². The molecule has 2 rings (SSSR count). The Balaban J connectivity index is 2.33. The molecular weight excluding hydrogens is 303 g/mol. The molecule has 0 bridgehead atoms. The van der Waals surface area contributed by atoms with E-state index in [9.17, 15) is 8.42 Å². The first-order valence-electron chi connectivity index (χ1n) is 5.62. The van der Waals surface area contributed by atoms with E-state index in [0.29, 0.717) is 20.5 Å². The summed E-state index contributed by atoms with van der Waals surface area (Å²) in [6, 6.07) is 11.6.